The summed E-state index contributed by atoms with van der Waals surface area (Å²) in [5.41, 5.74) is 3.73. The number of benzene rings is 2. The number of alkyl halides is 3. The molecule has 1 aliphatic rings. The topological polar surface area (TPSA) is 110 Å². The van der Waals surface area contributed by atoms with Crippen molar-refractivity contribution in [3.05, 3.63) is 54.6 Å². The van der Waals surface area contributed by atoms with Crippen LogP contribution in [0.5, 0.6) is 11.5 Å². The van der Waals surface area contributed by atoms with E-state index in [9.17, 15) is 18.0 Å². The molecule has 0 radical (unpaired) electrons. The van der Waals surface area contributed by atoms with Crippen LogP contribution in [0.2, 0.25) is 0 Å². The molecule has 0 saturated carbocycles. The Labute approximate surface area is 221 Å². The van der Waals surface area contributed by atoms with E-state index >= 15 is 0 Å². The lowest BCUT2D eigenvalue weighted by Gasteiger charge is -2.37. The molecule has 1 amide bonds. The Kier molecular flexibility index (Phi) is 6.88. The highest BCUT2D eigenvalue weighted by Gasteiger charge is 2.30. The first-order chi connectivity index (χ1) is 18.7. The van der Waals surface area contributed by atoms with Gasteiger partial charge in [0.05, 0.1) is 55.8 Å². The smallest absolute Gasteiger partial charge is 0.405 e. The van der Waals surface area contributed by atoms with Crippen molar-refractivity contribution in [3.63, 3.8) is 0 Å². The predicted molar refractivity (Wildman–Crippen MR) is 135 cm³/mol. The van der Waals surface area contributed by atoms with Gasteiger partial charge in [-0.2, -0.15) is 23.5 Å². The number of ether oxygens (including phenoxy) is 2. The summed E-state index contributed by atoms with van der Waals surface area (Å²) in [7, 11) is 2.64. The molecule has 2 aromatic heterocycles. The van der Waals surface area contributed by atoms with E-state index in [0.717, 1.165) is 29.7 Å². The summed E-state index contributed by atoms with van der Waals surface area (Å²) >= 11 is 0. The molecule has 10 nitrogen and oxygen atoms in total. The van der Waals surface area contributed by atoms with E-state index in [1.165, 1.54) is 26.4 Å². The van der Waals surface area contributed by atoms with Crippen LogP contribution in [0.1, 0.15) is 16.4 Å². The third-order valence-electron chi connectivity index (χ3n) is 6.53. The number of fused-ring (bicyclic) bond motifs is 1. The number of carbonyl (C=O) groups excluding carboxylic acids is 1. The minimum Gasteiger partial charge on any atom is -0.496 e. The van der Waals surface area contributed by atoms with Crippen LogP contribution in [0, 0.1) is 11.3 Å². The van der Waals surface area contributed by atoms with Gasteiger partial charge in [0.25, 0.3) is 5.91 Å². The zero-order valence-electron chi connectivity index (χ0n) is 21.1. The van der Waals surface area contributed by atoms with Crippen LogP contribution in [0.4, 0.5) is 13.2 Å². The Morgan fingerprint density at radius 3 is 2.51 bits per heavy atom. The molecule has 1 saturated heterocycles. The molecule has 13 heteroatoms. The zero-order valence-corrected chi connectivity index (χ0v) is 21.1. The molecule has 0 bridgehead atoms. The van der Waals surface area contributed by atoms with Crippen molar-refractivity contribution in [1.29, 1.82) is 5.26 Å². The Morgan fingerprint density at radius 1 is 1.15 bits per heavy atom. The number of nitrogens with one attached hydrogen (secondary N) is 1. The van der Waals surface area contributed by atoms with Crippen molar-refractivity contribution < 1.29 is 27.4 Å². The lowest BCUT2D eigenvalue weighted by atomic mass is 10.1. The second-order valence-electron chi connectivity index (χ2n) is 9.06. The number of hydrogen-bond acceptors (Lipinski definition) is 7. The van der Waals surface area contributed by atoms with Gasteiger partial charge in [0.2, 0.25) is 0 Å². The van der Waals surface area contributed by atoms with Gasteiger partial charge >= 0.3 is 6.18 Å². The van der Waals surface area contributed by atoms with Gasteiger partial charge in [-0.05, 0) is 17.7 Å². The van der Waals surface area contributed by atoms with Gasteiger partial charge in [0, 0.05) is 37.0 Å². The van der Waals surface area contributed by atoms with Gasteiger partial charge in [-0.25, -0.2) is 4.98 Å². The average Bonchev–Trinajstić information content (AvgIpc) is 3.55. The third kappa shape index (κ3) is 5.23. The van der Waals surface area contributed by atoms with Gasteiger partial charge in [0.15, 0.2) is 0 Å². The van der Waals surface area contributed by atoms with Crippen LogP contribution in [0.15, 0.2) is 49.1 Å². The predicted octanol–water partition coefficient (Wildman–Crippen LogP) is 3.58. The van der Waals surface area contributed by atoms with Crippen LogP contribution in [0.3, 0.4) is 0 Å². The standard InChI is InChI=1S/C26H24F3N7O3/c1-38-22-8-18(9-23(39-2)24(22)25(37)31-14-26(27,28)29)35-15-32-20-7-16(3-4-21(20)35)17-10-33-36(11-17)19-12-34(13-19)6-5-30/h3-4,7-11,15,19H,6,12-14H2,1-2H3,(H,31,37). The molecule has 1 aliphatic heterocycles. The molecule has 5 rings (SSSR count). The van der Waals surface area contributed by atoms with Crippen LogP contribution < -0.4 is 14.8 Å². The van der Waals surface area contributed by atoms with E-state index in [0.29, 0.717) is 17.7 Å². The van der Waals surface area contributed by atoms with Gasteiger partial charge in [-0.3, -0.25) is 18.9 Å². The first-order valence-corrected chi connectivity index (χ1v) is 11.9. The van der Waals surface area contributed by atoms with Crippen molar-refractivity contribution in [2.24, 2.45) is 0 Å². The number of carbonyl (C=O) groups is 1. The molecule has 202 valence electrons. The van der Waals surface area contributed by atoms with E-state index in [4.69, 9.17) is 14.7 Å². The summed E-state index contributed by atoms with van der Waals surface area (Å²) in [6.45, 7) is 0.505. The molecule has 1 N–H and O–H groups in total. The Morgan fingerprint density at radius 2 is 1.87 bits per heavy atom. The summed E-state index contributed by atoms with van der Waals surface area (Å²) in [6, 6.07) is 11.2. The molecular formula is C26H24F3N7O3. The largest absolute Gasteiger partial charge is 0.496 e. The number of likely N-dealkylation sites (tertiary alicyclic amines) is 1. The summed E-state index contributed by atoms with van der Waals surface area (Å²) in [6.07, 6.45) is 0.821. The van der Waals surface area contributed by atoms with E-state index < -0.39 is 18.6 Å². The van der Waals surface area contributed by atoms with E-state index in [1.807, 2.05) is 34.4 Å². The van der Waals surface area contributed by atoms with E-state index in [-0.39, 0.29) is 23.1 Å². The maximum Gasteiger partial charge on any atom is 0.405 e. The summed E-state index contributed by atoms with van der Waals surface area (Å²) < 4.78 is 52.2. The van der Waals surface area contributed by atoms with Crippen molar-refractivity contribution in [3.8, 4) is 34.4 Å². The Balaban J connectivity index is 1.42. The Hall–Kier alpha value is -4.57. The second kappa shape index (κ2) is 10.3. The van der Waals surface area contributed by atoms with Crippen LogP contribution in [-0.4, -0.2) is 76.7 Å². The van der Waals surface area contributed by atoms with Crippen molar-refractivity contribution >= 4 is 16.9 Å². The quantitative estimate of drug-likeness (QED) is 0.341. The van der Waals surface area contributed by atoms with Crippen LogP contribution in [0.25, 0.3) is 27.8 Å². The average molecular weight is 540 g/mol. The van der Waals surface area contributed by atoms with E-state index in [1.54, 1.807) is 17.1 Å². The van der Waals surface area contributed by atoms with Crippen molar-refractivity contribution in [1.82, 2.24) is 29.5 Å². The molecule has 0 aliphatic carbocycles. The summed E-state index contributed by atoms with van der Waals surface area (Å²) in [4.78, 5) is 19.1. The molecule has 1 fully saturated rings. The number of nitrogens with zero attached hydrogens (tertiary/aromatic N) is 6. The molecule has 4 aromatic rings. The van der Waals surface area contributed by atoms with Gasteiger partial charge < -0.3 is 14.8 Å². The minimum atomic E-state index is -4.56. The number of imidazole rings is 1. The fourth-order valence-corrected chi connectivity index (χ4v) is 4.55. The lowest BCUT2D eigenvalue weighted by Crippen LogP contribution is -2.47. The lowest BCUT2D eigenvalue weighted by molar-refractivity contribution is -0.123. The van der Waals surface area contributed by atoms with Gasteiger partial charge in [-0.15, -0.1) is 0 Å². The Bertz CT molecular complexity index is 1540. The minimum absolute atomic E-state index is 0.0549. The summed E-state index contributed by atoms with van der Waals surface area (Å²) in [5, 5.41) is 15.2. The molecule has 2 aromatic carbocycles. The molecule has 0 atom stereocenters. The van der Waals surface area contributed by atoms with E-state index in [2.05, 4.69) is 21.1 Å². The fraction of sp³-hybridized carbons (Fsp3) is 0.308. The highest BCUT2D eigenvalue weighted by molar-refractivity contribution is 6.00. The van der Waals surface area contributed by atoms with Gasteiger partial charge in [-0.1, -0.05) is 6.07 Å². The molecule has 0 spiro atoms. The van der Waals surface area contributed by atoms with Crippen molar-refractivity contribution in [2.45, 2.75) is 12.2 Å². The molecule has 3 heterocycles. The fourth-order valence-electron chi connectivity index (χ4n) is 4.55. The number of rotatable bonds is 8. The maximum absolute atomic E-state index is 12.6. The molecule has 0 unspecified atom stereocenters. The van der Waals surface area contributed by atoms with Gasteiger partial charge in [0.1, 0.15) is 29.9 Å². The first-order valence-electron chi connectivity index (χ1n) is 11.9. The third-order valence-corrected chi connectivity index (χ3v) is 6.53. The monoisotopic (exact) mass is 539 g/mol. The number of methoxy groups -OCH3 is 2. The number of hydrogen-bond donors (Lipinski definition) is 1. The maximum atomic E-state index is 12.6. The van der Waals surface area contributed by atoms with Crippen molar-refractivity contribution in [2.75, 3.05) is 40.4 Å². The van der Waals surface area contributed by atoms with Crippen LogP contribution >= 0.6 is 0 Å². The number of halogens is 3. The summed E-state index contributed by atoms with van der Waals surface area (Å²) in [5.74, 6) is -0.855. The number of amides is 1. The number of aromatic nitrogens is 4. The normalized spacial score (nSPS) is 14.2. The highest BCUT2D eigenvalue weighted by Crippen LogP contribution is 2.34. The first kappa shape index (κ1) is 26.1. The SMILES string of the molecule is COc1cc(-n2cnc3cc(-c4cnn(C5CN(CC#N)C5)c4)ccc32)cc(OC)c1C(=O)NCC(F)(F)F. The highest BCUT2D eigenvalue weighted by atomic mass is 19.4. The number of nitriles is 1. The second-order valence-corrected chi connectivity index (χ2v) is 9.06. The van der Waals surface area contributed by atoms with Crippen LogP contribution in [-0.2, 0) is 0 Å². The molecular weight excluding hydrogens is 515 g/mol. The zero-order chi connectivity index (χ0) is 27.7. The molecule has 39 heavy (non-hydrogen) atoms.